The lowest BCUT2D eigenvalue weighted by Crippen LogP contribution is -2.38. The lowest BCUT2D eigenvalue weighted by atomic mass is 9.80. The summed E-state index contributed by atoms with van der Waals surface area (Å²) in [7, 11) is 0. The minimum absolute atomic E-state index is 0.0312. The number of hydrogen-bond acceptors (Lipinski definition) is 5. The van der Waals surface area contributed by atoms with E-state index in [4.69, 9.17) is 4.74 Å². The van der Waals surface area contributed by atoms with Gasteiger partial charge in [-0.15, -0.1) is 0 Å². The summed E-state index contributed by atoms with van der Waals surface area (Å²) < 4.78 is 5.22. The van der Waals surface area contributed by atoms with Crippen LogP contribution in [0.3, 0.4) is 0 Å². The van der Waals surface area contributed by atoms with E-state index in [1.54, 1.807) is 13.8 Å². The molecule has 5 nitrogen and oxygen atoms in total. The number of carbonyl (C=O) groups excluding carboxylic acids is 2. The van der Waals surface area contributed by atoms with Crippen molar-refractivity contribution in [3.63, 3.8) is 0 Å². The van der Waals surface area contributed by atoms with Crippen molar-refractivity contribution < 1.29 is 24.5 Å². The maximum atomic E-state index is 12.5. The fourth-order valence-corrected chi connectivity index (χ4v) is 3.53. The second-order valence-electron chi connectivity index (χ2n) is 8.11. The largest absolute Gasteiger partial charge is 0.466 e. The summed E-state index contributed by atoms with van der Waals surface area (Å²) in [6.07, 6.45) is 1.75. The highest BCUT2D eigenvalue weighted by Crippen LogP contribution is 2.27. The third-order valence-electron chi connectivity index (χ3n) is 6.07. The first kappa shape index (κ1) is 22.1. The first-order valence-electron chi connectivity index (χ1n) is 9.70. The molecule has 0 aromatic carbocycles. The molecular weight excluding hydrogens is 320 g/mol. The van der Waals surface area contributed by atoms with Crippen molar-refractivity contribution in [2.24, 2.45) is 29.6 Å². The summed E-state index contributed by atoms with van der Waals surface area (Å²) >= 11 is 0. The molecule has 0 aromatic heterocycles. The Kier molecular flexibility index (Phi) is 9.08. The highest BCUT2D eigenvalue weighted by atomic mass is 16.5. The molecule has 0 aromatic rings. The molecule has 0 radical (unpaired) electrons. The normalized spacial score (nSPS) is 40.5. The zero-order chi connectivity index (χ0) is 19.1. The van der Waals surface area contributed by atoms with Crippen LogP contribution in [0.25, 0.3) is 0 Å². The van der Waals surface area contributed by atoms with Crippen molar-refractivity contribution in [3.05, 3.63) is 0 Å². The molecule has 1 aliphatic rings. The summed E-state index contributed by atoms with van der Waals surface area (Å²) in [4.78, 5) is 24.4. The van der Waals surface area contributed by atoms with E-state index >= 15 is 0 Å². The van der Waals surface area contributed by atoms with Gasteiger partial charge in [-0.05, 0) is 30.6 Å². The van der Waals surface area contributed by atoms with E-state index in [0.29, 0.717) is 18.4 Å². The van der Waals surface area contributed by atoms with Gasteiger partial charge in [0.25, 0.3) is 0 Å². The Morgan fingerprint density at radius 3 is 2.04 bits per heavy atom. The Balaban J connectivity index is 2.84. The van der Waals surface area contributed by atoms with Crippen LogP contribution in [0.2, 0.25) is 0 Å². The molecule has 0 bridgehead atoms. The Hall–Kier alpha value is -0.940. The van der Waals surface area contributed by atoms with Gasteiger partial charge in [0.2, 0.25) is 0 Å². The van der Waals surface area contributed by atoms with Crippen LogP contribution in [0.4, 0.5) is 0 Å². The fourth-order valence-electron chi connectivity index (χ4n) is 3.53. The molecule has 0 amide bonds. The van der Waals surface area contributed by atoms with Gasteiger partial charge in [-0.3, -0.25) is 9.59 Å². The standard InChI is InChI=1S/C20H36O5/c1-12-7-6-8-14(3)19(23)16(5)20(24)15(4)17(21)11-18(22)25-10-9-13(12)2/h12-17,19,21,23H,6-11H2,1-5H3/t12-,13-,14-,15+,16+,17-,19-/m0/s1. The Labute approximate surface area is 152 Å². The maximum Gasteiger partial charge on any atom is 0.308 e. The number of ketones is 1. The van der Waals surface area contributed by atoms with Crippen LogP contribution >= 0.6 is 0 Å². The number of hydrogen-bond donors (Lipinski definition) is 2. The molecular formula is C20H36O5. The zero-order valence-corrected chi connectivity index (χ0v) is 16.4. The number of aliphatic hydroxyl groups excluding tert-OH is 2. The summed E-state index contributed by atoms with van der Waals surface area (Å²) in [5.74, 6) is -0.930. The SMILES string of the molecule is C[C@H]1CCC[C@H](C)[C@@H](C)CCOC(=O)C[C@H](O)[C@@H](C)C(=O)[C@H](C)[C@H]1O. The van der Waals surface area contributed by atoms with E-state index < -0.39 is 30.0 Å². The summed E-state index contributed by atoms with van der Waals surface area (Å²) in [6.45, 7) is 10.0. The fraction of sp³-hybridized carbons (Fsp3) is 0.900. The lowest BCUT2D eigenvalue weighted by molar-refractivity contribution is -0.148. The third kappa shape index (κ3) is 6.70. The van der Waals surface area contributed by atoms with Gasteiger partial charge in [-0.2, -0.15) is 0 Å². The van der Waals surface area contributed by atoms with E-state index in [9.17, 15) is 19.8 Å². The maximum absolute atomic E-state index is 12.5. The highest BCUT2D eigenvalue weighted by Gasteiger charge is 2.33. The minimum Gasteiger partial charge on any atom is -0.466 e. The molecule has 0 saturated carbocycles. The van der Waals surface area contributed by atoms with Gasteiger partial charge in [0.05, 0.1) is 25.2 Å². The summed E-state index contributed by atoms with van der Waals surface area (Å²) in [5.41, 5.74) is 0. The first-order valence-corrected chi connectivity index (χ1v) is 9.70. The first-order chi connectivity index (χ1) is 11.6. The van der Waals surface area contributed by atoms with Crippen LogP contribution in [-0.2, 0) is 14.3 Å². The molecule has 1 aliphatic heterocycles. The van der Waals surface area contributed by atoms with Crippen LogP contribution in [-0.4, -0.2) is 40.8 Å². The molecule has 0 spiro atoms. The second kappa shape index (κ2) is 10.3. The average molecular weight is 357 g/mol. The molecule has 1 rings (SSSR count). The van der Waals surface area contributed by atoms with Crippen molar-refractivity contribution in [3.8, 4) is 0 Å². The van der Waals surface area contributed by atoms with E-state index in [2.05, 4.69) is 13.8 Å². The van der Waals surface area contributed by atoms with Gasteiger partial charge >= 0.3 is 5.97 Å². The smallest absolute Gasteiger partial charge is 0.308 e. The molecule has 25 heavy (non-hydrogen) atoms. The number of aliphatic hydroxyl groups is 2. The van der Waals surface area contributed by atoms with Gasteiger partial charge in [-0.25, -0.2) is 0 Å². The molecule has 2 N–H and O–H groups in total. The van der Waals surface area contributed by atoms with Crippen LogP contribution in [0.5, 0.6) is 0 Å². The van der Waals surface area contributed by atoms with Crippen LogP contribution < -0.4 is 0 Å². The number of carbonyl (C=O) groups is 2. The molecule has 1 saturated heterocycles. The van der Waals surface area contributed by atoms with Crippen molar-refractivity contribution in [1.82, 2.24) is 0 Å². The van der Waals surface area contributed by atoms with Crippen molar-refractivity contribution in [1.29, 1.82) is 0 Å². The Morgan fingerprint density at radius 2 is 1.40 bits per heavy atom. The molecule has 1 heterocycles. The number of esters is 1. The predicted octanol–water partition coefficient (Wildman–Crippen LogP) is 2.97. The van der Waals surface area contributed by atoms with Gasteiger partial charge < -0.3 is 14.9 Å². The van der Waals surface area contributed by atoms with E-state index in [1.807, 2.05) is 6.92 Å². The van der Waals surface area contributed by atoms with Crippen molar-refractivity contribution >= 4 is 11.8 Å². The van der Waals surface area contributed by atoms with Crippen LogP contribution in [0, 0.1) is 29.6 Å². The van der Waals surface area contributed by atoms with Gasteiger partial charge in [0, 0.05) is 11.8 Å². The Morgan fingerprint density at radius 1 is 0.840 bits per heavy atom. The monoisotopic (exact) mass is 356 g/mol. The van der Waals surface area contributed by atoms with Gasteiger partial charge in [-0.1, -0.05) is 47.5 Å². The predicted molar refractivity (Wildman–Crippen MR) is 96.9 cm³/mol. The quantitative estimate of drug-likeness (QED) is 0.652. The molecule has 7 atom stereocenters. The van der Waals surface area contributed by atoms with E-state index in [1.165, 1.54) is 0 Å². The molecule has 0 unspecified atom stereocenters. The second-order valence-corrected chi connectivity index (χ2v) is 8.11. The minimum atomic E-state index is -1.07. The zero-order valence-electron chi connectivity index (χ0n) is 16.4. The summed E-state index contributed by atoms with van der Waals surface area (Å²) in [6, 6.07) is 0. The van der Waals surface area contributed by atoms with E-state index in [0.717, 1.165) is 25.7 Å². The van der Waals surface area contributed by atoms with Gasteiger partial charge in [0.1, 0.15) is 5.78 Å². The highest BCUT2D eigenvalue weighted by molar-refractivity contribution is 5.84. The third-order valence-corrected chi connectivity index (χ3v) is 6.07. The number of cyclic esters (lactones) is 1. The van der Waals surface area contributed by atoms with Crippen LogP contribution in [0.1, 0.15) is 66.7 Å². The van der Waals surface area contributed by atoms with Crippen LogP contribution in [0.15, 0.2) is 0 Å². The van der Waals surface area contributed by atoms with E-state index in [-0.39, 0.29) is 18.1 Å². The average Bonchev–Trinajstić information content (AvgIpc) is 2.57. The molecule has 5 heteroatoms. The lowest BCUT2D eigenvalue weighted by Gasteiger charge is -2.28. The number of rotatable bonds is 0. The number of Topliss-reactive ketones (excluding diaryl/α,β-unsaturated/α-hetero) is 1. The van der Waals surface area contributed by atoms with Gasteiger partial charge in [0.15, 0.2) is 0 Å². The molecule has 146 valence electrons. The van der Waals surface area contributed by atoms with Crippen molar-refractivity contribution in [2.45, 2.75) is 78.9 Å². The molecule has 0 aliphatic carbocycles. The summed E-state index contributed by atoms with van der Waals surface area (Å²) in [5, 5.41) is 20.7. The number of ether oxygens (including phenoxy) is 1. The van der Waals surface area contributed by atoms with Crippen molar-refractivity contribution in [2.75, 3.05) is 6.61 Å². The topological polar surface area (TPSA) is 83.8 Å². The Bertz CT molecular complexity index is 436. The molecule has 1 fully saturated rings.